The first-order chi connectivity index (χ1) is 9.28. The van der Waals surface area contributed by atoms with Gasteiger partial charge in [0.05, 0.1) is 6.33 Å². The van der Waals surface area contributed by atoms with Gasteiger partial charge in [0.15, 0.2) is 0 Å². The molecule has 96 valence electrons. The number of carbonyl (C=O) groups excluding carboxylic acids is 1. The summed E-state index contributed by atoms with van der Waals surface area (Å²) in [5.74, 6) is 0.432. The number of amides is 1. The van der Waals surface area contributed by atoms with Crippen molar-refractivity contribution in [1.29, 1.82) is 0 Å². The molecule has 4 nitrogen and oxygen atoms in total. The molecule has 1 atom stereocenters. The van der Waals surface area contributed by atoms with E-state index in [0.717, 1.165) is 17.9 Å². The highest BCUT2D eigenvalue weighted by atomic mass is 16.2. The molecule has 0 bridgehead atoms. The summed E-state index contributed by atoms with van der Waals surface area (Å²) in [6.07, 6.45) is 7.81. The van der Waals surface area contributed by atoms with Crippen molar-refractivity contribution >= 4 is 11.6 Å². The Balaban J connectivity index is 1.83. The second-order valence-electron chi connectivity index (χ2n) is 4.69. The van der Waals surface area contributed by atoms with E-state index in [2.05, 4.69) is 11.6 Å². The summed E-state index contributed by atoms with van der Waals surface area (Å²) in [6.45, 7) is 4.49. The van der Waals surface area contributed by atoms with Crippen molar-refractivity contribution in [3.63, 3.8) is 0 Å². The summed E-state index contributed by atoms with van der Waals surface area (Å²) < 4.78 is 1.93. The highest BCUT2D eigenvalue weighted by Gasteiger charge is 2.28. The molecule has 19 heavy (non-hydrogen) atoms. The van der Waals surface area contributed by atoms with E-state index in [1.165, 1.54) is 0 Å². The molecule has 1 unspecified atom stereocenters. The topological polar surface area (TPSA) is 38.1 Å². The number of nitrogens with zero attached hydrogens (tertiary/aromatic N) is 3. The predicted octanol–water partition coefficient (Wildman–Crippen LogP) is 2.41. The molecule has 1 aromatic carbocycles. The van der Waals surface area contributed by atoms with E-state index in [-0.39, 0.29) is 11.8 Å². The van der Waals surface area contributed by atoms with E-state index in [1.807, 2.05) is 46.0 Å². The van der Waals surface area contributed by atoms with Crippen molar-refractivity contribution in [2.75, 3.05) is 11.4 Å². The van der Waals surface area contributed by atoms with Crippen LogP contribution in [0.5, 0.6) is 0 Å². The van der Waals surface area contributed by atoms with Crippen LogP contribution in [0.4, 0.5) is 5.69 Å². The number of hydrogen-bond acceptors (Lipinski definition) is 2. The van der Waals surface area contributed by atoms with E-state index in [1.54, 1.807) is 12.5 Å². The highest BCUT2D eigenvalue weighted by molar-refractivity contribution is 5.96. The van der Waals surface area contributed by atoms with Gasteiger partial charge in [0, 0.05) is 42.7 Å². The van der Waals surface area contributed by atoms with E-state index in [4.69, 9.17) is 0 Å². The molecule has 1 aliphatic rings. The summed E-state index contributed by atoms with van der Waals surface area (Å²) in [6, 6.07) is 7.93. The number of imidazole rings is 1. The fraction of sp³-hybridized carbons (Fsp3) is 0.200. The molecule has 3 rings (SSSR count). The number of hydrogen-bond donors (Lipinski definition) is 0. The number of carbonyl (C=O) groups is 1. The van der Waals surface area contributed by atoms with E-state index in [0.29, 0.717) is 6.42 Å². The van der Waals surface area contributed by atoms with E-state index in [9.17, 15) is 4.79 Å². The molecule has 1 saturated heterocycles. The Morgan fingerprint density at radius 1 is 1.26 bits per heavy atom. The Morgan fingerprint density at radius 2 is 2.00 bits per heavy atom. The first kappa shape index (κ1) is 11.7. The van der Waals surface area contributed by atoms with Crippen LogP contribution in [0.2, 0.25) is 0 Å². The minimum absolute atomic E-state index is 0.167. The highest BCUT2D eigenvalue weighted by Crippen LogP contribution is 2.26. The molecule has 0 N–H and O–H groups in total. The summed E-state index contributed by atoms with van der Waals surface area (Å²) in [5, 5.41) is 0. The summed E-state index contributed by atoms with van der Waals surface area (Å²) in [7, 11) is 0. The lowest BCUT2D eigenvalue weighted by Crippen LogP contribution is -2.24. The monoisotopic (exact) mass is 253 g/mol. The van der Waals surface area contributed by atoms with Crippen molar-refractivity contribution in [3.05, 3.63) is 55.6 Å². The van der Waals surface area contributed by atoms with Crippen LogP contribution >= 0.6 is 0 Å². The van der Waals surface area contributed by atoms with Gasteiger partial charge in [-0.05, 0) is 24.3 Å². The van der Waals surface area contributed by atoms with Crippen LogP contribution in [0, 0.1) is 5.92 Å². The third kappa shape index (κ3) is 2.17. The van der Waals surface area contributed by atoms with Gasteiger partial charge < -0.3 is 9.47 Å². The third-order valence-electron chi connectivity index (χ3n) is 3.45. The Labute approximate surface area is 112 Å². The summed E-state index contributed by atoms with van der Waals surface area (Å²) >= 11 is 0. The predicted molar refractivity (Wildman–Crippen MR) is 74.2 cm³/mol. The number of rotatable bonds is 3. The normalized spacial score (nSPS) is 18.8. The van der Waals surface area contributed by atoms with Gasteiger partial charge in [-0.2, -0.15) is 0 Å². The second-order valence-corrected chi connectivity index (χ2v) is 4.69. The smallest absolute Gasteiger partial charge is 0.227 e. The van der Waals surface area contributed by atoms with Gasteiger partial charge in [-0.15, -0.1) is 6.58 Å². The standard InChI is InChI=1S/C15H15N3O/c1-2-12-9-15(19)18(10-12)14-5-3-13(4-6-14)17-8-7-16-11-17/h2-8,11-12H,1,9-10H2. The quantitative estimate of drug-likeness (QED) is 0.788. The largest absolute Gasteiger partial charge is 0.312 e. The van der Waals surface area contributed by atoms with Crippen molar-refractivity contribution in [2.24, 2.45) is 5.92 Å². The maximum absolute atomic E-state index is 11.9. The second kappa shape index (κ2) is 4.72. The molecule has 0 spiro atoms. The Kier molecular flexibility index (Phi) is 2.91. The lowest BCUT2D eigenvalue weighted by Gasteiger charge is -2.16. The number of benzene rings is 1. The first-order valence-corrected chi connectivity index (χ1v) is 6.29. The molecule has 0 aliphatic carbocycles. The van der Waals surface area contributed by atoms with Crippen LogP contribution in [0.3, 0.4) is 0 Å². The molecule has 1 amide bonds. The molecule has 2 aromatic rings. The zero-order valence-corrected chi connectivity index (χ0v) is 10.6. The Bertz CT molecular complexity index is 586. The average molecular weight is 253 g/mol. The van der Waals surface area contributed by atoms with Crippen LogP contribution in [-0.4, -0.2) is 22.0 Å². The maximum atomic E-state index is 11.9. The molecular weight excluding hydrogens is 238 g/mol. The zero-order valence-electron chi connectivity index (χ0n) is 10.6. The van der Waals surface area contributed by atoms with Crippen molar-refractivity contribution in [2.45, 2.75) is 6.42 Å². The fourth-order valence-corrected chi connectivity index (χ4v) is 2.36. The Morgan fingerprint density at radius 3 is 2.58 bits per heavy atom. The lowest BCUT2D eigenvalue weighted by molar-refractivity contribution is -0.117. The van der Waals surface area contributed by atoms with Crippen molar-refractivity contribution in [1.82, 2.24) is 9.55 Å². The molecule has 1 aliphatic heterocycles. The SMILES string of the molecule is C=CC1CC(=O)N(c2ccc(-n3ccnc3)cc2)C1. The van der Waals surface area contributed by atoms with E-state index < -0.39 is 0 Å². The van der Waals surface area contributed by atoms with Gasteiger partial charge in [0.2, 0.25) is 5.91 Å². The van der Waals surface area contributed by atoms with Gasteiger partial charge in [-0.3, -0.25) is 4.79 Å². The zero-order chi connectivity index (χ0) is 13.2. The van der Waals surface area contributed by atoms with Crippen LogP contribution in [0.1, 0.15) is 6.42 Å². The molecule has 0 radical (unpaired) electrons. The van der Waals surface area contributed by atoms with Crippen molar-refractivity contribution in [3.8, 4) is 5.69 Å². The fourth-order valence-electron chi connectivity index (χ4n) is 2.36. The average Bonchev–Trinajstić information content (AvgIpc) is 3.08. The molecule has 1 aromatic heterocycles. The summed E-state index contributed by atoms with van der Waals surface area (Å²) in [4.78, 5) is 17.8. The van der Waals surface area contributed by atoms with Gasteiger partial charge >= 0.3 is 0 Å². The molecule has 0 saturated carbocycles. The van der Waals surface area contributed by atoms with Crippen LogP contribution < -0.4 is 4.90 Å². The third-order valence-corrected chi connectivity index (χ3v) is 3.45. The Hall–Kier alpha value is -2.36. The molecule has 2 heterocycles. The van der Waals surface area contributed by atoms with E-state index >= 15 is 0 Å². The molecular formula is C15H15N3O. The first-order valence-electron chi connectivity index (χ1n) is 6.29. The molecule has 4 heteroatoms. The maximum Gasteiger partial charge on any atom is 0.227 e. The van der Waals surface area contributed by atoms with Gasteiger partial charge in [0.1, 0.15) is 0 Å². The van der Waals surface area contributed by atoms with Crippen LogP contribution in [0.25, 0.3) is 5.69 Å². The van der Waals surface area contributed by atoms with Gasteiger partial charge in [0.25, 0.3) is 0 Å². The minimum Gasteiger partial charge on any atom is -0.312 e. The van der Waals surface area contributed by atoms with Crippen LogP contribution in [-0.2, 0) is 4.79 Å². The summed E-state index contributed by atoms with van der Waals surface area (Å²) in [5.41, 5.74) is 1.98. The van der Waals surface area contributed by atoms with Gasteiger partial charge in [-0.1, -0.05) is 6.08 Å². The van der Waals surface area contributed by atoms with Crippen LogP contribution in [0.15, 0.2) is 55.6 Å². The lowest BCUT2D eigenvalue weighted by atomic mass is 10.1. The minimum atomic E-state index is 0.167. The van der Waals surface area contributed by atoms with Gasteiger partial charge in [-0.25, -0.2) is 4.98 Å². The number of anilines is 1. The van der Waals surface area contributed by atoms with Crippen molar-refractivity contribution < 1.29 is 4.79 Å². The molecule has 1 fully saturated rings. The number of aromatic nitrogens is 2.